The van der Waals surface area contributed by atoms with Gasteiger partial charge in [0.15, 0.2) is 40.6 Å². The molecule has 3 aromatic rings. The SMILES string of the molecule is COc1cc([C@H](O)[C@H](CO)Oc2ccc([C@@H]3OC[C@@H]4[C@H]3CO[C@H]4c3cc(OC)c(O)c(OC)c3)cc2OC)ccc1O. The molecule has 2 aliphatic heterocycles. The highest BCUT2D eigenvalue weighted by Gasteiger charge is 2.48. The number of aromatic hydroxyl groups is 2. The predicted octanol–water partition coefficient (Wildman–Crippen LogP) is 3.68. The van der Waals surface area contributed by atoms with Crippen molar-refractivity contribution in [2.75, 3.05) is 48.3 Å². The zero-order chi connectivity index (χ0) is 30.0. The van der Waals surface area contributed by atoms with Crippen molar-refractivity contribution in [3.63, 3.8) is 0 Å². The summed E-state index contributed by atoms with van der Waals surface area (Å²) in [6, 6.07) is 13.4. The number of ether oxygens (including phenoxy) is 7. The van der Waals surface area contributed by atoms with Crippen LogP contribution >= 0.6 is 0 Å². The van der Waals surface area contributed by atoms with E-state index in [-0.39, 0.29) is 41.3 Å². The van der Waals surface area contributed by atoms with E-state index < -0.39 is 18.8 Å². The van der Waals surface area contributed by atoms with Gasteiger partial charge < -0.3 is 53.6 Å². The molecule has 4 N–H and O–H groups in total. The lowest BCUT2D eigenvalue weighted by atomic mass is 9.84. The van der Waals surface area contributed by atoms with Gasteiger partial charge in [-0.25, -0.2) is 0 Å². The van der Waals surface area contributed by atoms with Gasteiger partial charge in [-0.05, 0) is 53.1 Å². The molecule has 2 fully saturated rings. The summed E-state index contributed by atoms with van der Waals surface area (Å²) >= 11 is 0. The van der Waals surface area contributed by atoms with E-state index in [0.717, 1.165) is 11.1 Å². The van der Waals surface area contributed by atoms with Gasteiger partial charge in [0, 0.05) is 11.8 Å². The lowest BCUT2D eigenvalue weighted by Crippen LogP contribution is -2.29. The molecule has 6 atom stereocenters. The Morgan fingerprint density at radius 2 is 1.29 bits per heavy atom. The highest BCUT2D eigenvalue weighted by molar-refractivity contribution is 5.53. The topological polar surface area (TPSA) is 146 Å². The second-order valence-corrected chi connectivity index (χ2v) is 10.2. The molecule has 0 bridgehead atoms. The molecule has 5 rings (SSSR count). The summed E-state index contributed by atoms with van der Waals surface area (Å²) in [6.07, 6.45) is -2.75. The lowest BCUT2D eigenvalue weighted by molar-refractivity contribution is -0.000695. The van der Waals surface area contributed by atoms with Gasteiger partial charge in [0.25, 0.3) is 0 Å². The monoisotopic (exact) mass is 584 g/mol. The second kappa shape index (κ2) is 12.5. The van der Waals surface area contributed by atoms with Crippen LogP contribution in [-0.2, 0) is 9.47 Å². The van der Waals surface area contributed by atoms with E-state index in [0.29, 0.717) is 41.8 Å². The van der Waals surface area contributed by atoms with Crippen LogP contribution in [-0.4, -0.2) is 74.8 Å². The van der Waals surface area contributed by atoms with Crippen molar-refractivity contribution in [1.29, 1.82) is 0 Å². The van der Waals surface area contributed by atoms with Crippen molar-refractivity contribution in [2.24, 2.45) is 11.8 Å². The van der Waals surface area contributed by atoms with Crippen LogP contribution in [0.3, 0.4) is 0 Å². The molecule has 226 valence electrons. The van der Waals surface area contributed by atoms with E-state index in [1.54, 1.807) is 18.2 Å². The Labute approximate surface area is 243 Å². The maximum Gasteiger partial charge on any atom is 0.200 e. The van der Waals surface area contributed by atoms with E-state index in [1.165, 1.54) is 46.6 Å². The maximum absolute atomic E-state index is 10.9. The minimum absolute atomic E-state index is 0.0621. The van der Waals surface area contributed by atoms with E-state index in [1.807, 2.05) is 12.1 Å². The second-order valence-electron chi connectivity index (χ2n) is 10.2. The third-order valence-corrected chi connectivity index (χ3v) is 7.97. The Hall–Kier alpha value is -3.90. The number of methoxy groups -OCH3 is 4. The molecular weight excluding hydrogens is 548 g/mol. The largest absolute Gasteiger partial charge is 0.504 e. The van der Waals surface area contributed by atoms with Crippen LogP contribution in [0.15, 0.2) is 48.5 Å². The normalized spacial score (nSPS) is 22.7. The average molecular weight is 585 g/mol. The maximum atomic E-state index is 10.9. The molecule has 2 aliphatic rings. The van der Waals surface area contributed by atoms with E-state index in [9.17, 15) is 20.4 Å². The number of aliphatic hydroxyl groups is 2. The fourth-order valence-electron chi connectivity index (χ4n) is 5.73. The van der Waals surface area contributed by atoms with Gasteiger partial charge >= 0.3 is 0 Å². The molecule has 0 spiro atoms. The molecular formula is C31H36O11. The van der Waals surface area contributed by atoms with Gasteiger partial charge in [0.05, 0.1) is 60.5 Å². The van der Waals surface area contributed by atoms with Crippen molar-refractivity contribution < 1.29 is 53.6 Å². The highest BCUT2D eigenvalue weighted by atomic mass is 16.5. The minimum atomic E-state index is -1.21. The molecule has 0 unspecified atom stereocenters. The first-order valence-corrected chi connectivity index (χ1v) is 13.5. The van der Waals surface area contributed by atoms with Crippen LogP contribution < -0.4 is 23.7 Å². The number of phenolic OH excluding ortho intramolecular Hbond substituents is 2. The number of aliphatic hydroxyl groups excluding tert-OH is 2. The number of benzene rings is 3. The summed E-state index contributed by atoms with van der Waals surface area (Å²) in [7, 11) is 5.90. The van der Waals surface area contributed by atoms with Crippen molar-refractivity contribution in [3.8, 4) is 40.2 Å². The van der Waals surface area contributed by atoms with Crippen LogP contribution in [0.1, 0.15) is 35.0 Å². The number of phenols is 2. The first-order valence-electron chi connectivity index (χ1n) is 13.5. The van der Waals surface area contributed by atoms with Crippen LogP contribution in [0, 0.1) is 11.8 Å². The third kappa shape index (κ3) is 5.48. The van der Waals surface area contributed by atoms with Gasteiger partial charge in [-0.15, -0.1) is 0 Å². The third-order valence-electron chi connectivity index (χ3n) is 7.97. The number of hydrogen-bond acceptors (Lipinski definition) is 11. The standard InChI is InChI=1S/C31H36O11/c1-36-23-9-16(5-7-21(23)33)28(34)27(13-32)42-22-8-6-17(10-24(22)37-2)30-19-14-41-31(20(19)15-40-30)18-11-25(38-3)29(35)26(12-18)39-4/h5-12,19-20,27-28,30-35H,13-15H2,1-4H3/t19-,20-,27+,28+,30+,31+/m1/s1. The molecule has 42 heavy (non-hydrogen) atoms. The van der Waals surface area contributed by atoms with E-state index in [4.69, 9.17) is 33.2 Å². The first kappa shape index (κ1) is 29.6. The molecule has 11 heteroatoms. The van der Waals surface area contributed by atoms with Crippen LogP contribution in [0.4, 0.5) is 0 Å². The van der Waals surface area contributed by atoms with Gasteiger partial charge in [-0.3, -0.25) is 0 Å². The summed E-state index contributed by atoms with van der Waals surface area (Å²) < 4.78 is 39.9. The number of hydrogen-bond donors (Lipinski definition) is 4. The molecule has 0 aromatic heterocycles. The highest BCUT2D eigenvalue weighted by Crippen LogP contribution is 2.52. The van der Waals surface area contributed by atoms with E-state index >= 15 is 0 Å². The minimum Gasteiger partial charge on any atom is -0.504 e. The summed E-state index contributed by atoms with van der Waals surface area (Å²) in [6.45, 7) is 0.470. The summed E-state index contributed by atoms with van der Waals surface area (Å²) in [5, 5.41) is 41.1. The number of rotatable bonds is 11. The Morgan fingerprint density at radius 3 is 1.86 bits per heavy atom. The Bertz CT molecular complexity index is 1370. The van der Waals surface area contributed by atoms with Crippen LogP contribution in [0.5, 0.6) is 40.2 Å². The Morgan fingerprint density at radius 1 is 0.714 bits per heavy atom. The Kier molecular flexibility index (Phi) is 8.83. The lowest BCUT2D eigenvalue weighted by Gasteiger charge is -2.25. The van der Waals surface area contributed by atoms with Crippen molar-refractivity contribution >= 4 is 0 Å². The average Bonchev–Trinajstić information content (AvgIpc) is 3.63. The van der Waals surface area contributed by atoms with Crippen LogP contribution in [0.25, 0.3) is 0 Å². The fourth-order valence-corrected chi connectivity index (χ4v) is 5.73. The summed E-state index contributed by atoms with van der Waals surface area (Å²) in [4.78, 5) is 0. The van der Waals surface area contributed by atoms with Crippen molar-refractivity contribution in [2.45, 2.75) is 24.4 Å². The molecule has 11 nitrogen and oxygen atoms in total. The molecule has 2 saturated heterocycles. The van der Waals surface area contributed by atoms with Crippen molar-refractivity contribution in [3.05, 3.63) is 65.2 Å². The molecule has 0 aliphatic carbocycles. The van der Waals surface area contributed by atoms with Crippen LogP contribution in [0.2, 0.25) is 0 Å². The quantitative estimate of drug-likeness (QED) is 0.262. The van der Waals surface area contributed by atoms with Gasteiger partial charge in [-0.2, -0.15) is 0 Å². The number of fused-ring (bicyclic) bond motifs is 1. The van der Waals surface area contributed by atoms with Gasteiger partial charge in [-0.1, -0.05) is 12.1 Å². The predicted molar refractivity (Wildman–Crippen MR) is 150 cm³/mol. The molecule has 2 heterocycles. The fraction of sp³-hybridized carbons (Fsp3) is 0.419. The first-order chi connectivity index (χ1) is 20.3. The molecule has 0 radical (unpaired) electrons. The molecule has 0 saturated carbocycles. The Balaban J connectivity index is 1.33. The van der Waals surface area contributed by atoms with Gasteiger partial charge in [0.1, 0.15) is 6.10 Å². The molecule has 3 aromatic carbocycles. The van der Waals surface area contributed by atoms with E-state index in [2.05, 4.69) is 0 Å². The smallest absolute Gasteiger partial charge is 0.200 e. The zero-order valence-electron chi connectivity index (χ0n) is 23.9. The summed E-state index contributed by atoms with van der Waals surface area (Å²) in [5.41, 5.74) is 2.12. The van der Waals surface area contributed by atoms with Gasteiger partial charge in [0.2, 0.25) is 5.75 Å². The van der Waals surface area contributed by atoms with Crippen molar-refractivity contribution in [1.82, 2.24) is 0 Å². The summed E-state index contributed by atoms with van der Waals surface area (Å²) in [5.74, 6) is 1.56. The molecule has 0 amide bonds. The zero-order valence-corrected chi connectivity index (χ0v) is 23.9.